The number of nitrogens with zero attached hydrogens (tertiary/aromatic N) is 2. The highest BCUT2D eigenvalue weighted by molar-refractivity contribution is 5.81. The Morgan fingerprint density at radius 2 is 2.12 bits per heavy atom. The molecule has 2 aromatic rings. The van der Waals surface area contributed by atoms with Crippen LogP contribution in [0.5, 0.6) is 11.5 Å². The maximum Gasteiger partial charge on any atom is 0.407 e. The Morgan fingerprint density at radius 1 is 1.38 bits per heavy atom. The summed E-state index contributed by atoms with van der Waals surface area (Å²) in [6, 6.07) is 3.32. The third-order valence-corrected chi connectivity index (χ3v) is 4.01. The molecule has 0 atom stereocenters. The minimum absolute atomic E-state index is 0.118. The molecule has 0 radical (unpaired) electrons. The SMILES string of the molecule is CCOc1cc2nc[nH]c(=O)c2cc1OC1CCN(C(=O)O)CC1. The van der Waals surface area contributed by atoms with Crippen LogP contribution < -0.4 is 15.0 Å². The molecule has 3 rings (SSSR count). The fraction of sp³-hybridized carbons (Fsp3) is 0.438. The van der Waals surface area contributed by atoms with Crippen LogP contribution in [-0.4, -0.2) is 51.9 Å². The van der Waals surface area contributed by atoms with Crippen LogP contribution in [-0.2, 0) is 0 Å². The number of hydrogen-bond donors (Lipinski definition) is 2. The number of nitrogens with one attached hydrogen (secondary N) is 1. The number of amides is 1. The average molecular weight is 333 g/mol. The third-order valence-electron chi connectivity index (χ3n) is 4.01. The van der Waals surface area contributed by atoms with Crippen LogP contribution in [0.3, 0.4) is 0 Å². The minimum atomic E-state index is -0.910. The third kappa shape index (κ3) is 3.27. The van der Waals surface area contributed by atoms with Gasteiger partial charge in [-0.15, -0.1) is 0 Å². The predicted octanol–water partition coefficient (Wildman–Crippen LogP) is 1.84. The lowest BCUT2D eigenvalue weighted by molar-refractivity contribution is 0.0874. The smallest absolute Gasteiger partial charge is 0.407 e. The Morgan fingerprint density at radius 3 is 2.79 bits per heavy atom. The number of ether oxygens (including phenoxy) is 2. The van der Waals surface area contributed by atoms with Crippen LogP contribution in [0, 0.1) is 0 Å². The normalized spacial score (nSPS) is 15.5. The largest absolute Gasteiger partial charge is 0.490 e. The number of likely N-dealkylation sites (tertiary alicyclic amines) is 1. The van der Waals surface area contributed by atoms with Crippen LogP contribution >= 0.6 is 0 Å². The quantitative estimate of drug-likeness (QED) is 0.884. The van der Waals surface area contributed by atoms with Crippen LogP contribution in [0.1, 0.15) is 19.8 Å². The summed E-state index contributed by atoms with van der Waals surface area (Å²) < 4.78 is 11.6. The van der Waals surface area contributed by atoms with Gasteiger partial charge in [0.1, 0.15) is 6.10 Å². The van der Waals surface area contributed by atoms with Crippen LogP contribution in [0.4, 0.5) is 4.79 Å². The van der Waals surface area contributed by atoms with Gasteiger partial charge in [0.2, 0.25) is 0 Å². The number of carboxylic acid groups (broad SMARTS) is 1. The van der Waals surface area contributed by atoms with E-state index in [1.807, 2.05) is 6.92 Å². The van der Waals surface area contributed by atoms with Crippen LogP contribution in [0.25, 0.3) is 10.9 Å². The molecule has 1 aromatic heterocycles. The van der Waals surface area contributed by atoms with Crippen molar-refractivity contribution in [2.24, 2.45) is 0 Å². The van der Waals surface area contributed by atoms with Crippen LogP contribution in [0.2, 0.25) is 0 Å². The Labute approximate surface area is 138 Å². The molecule has 1 fully saturated rings. The monoisotopic (exact) mass is 333 g/mol. The molecule has 2 heterocycles. The highest BCUT2D eigenvalue weighted by Crippen LogP contribution is 2.32. The Bertz CT molecular complexity index is 796. The zero-order valence-corrected chi connectivity index (χ0v) is 13.3. The summed E-state index contributed by atoms with van der Waals surface area (Å²) in [7, 11) is 0. The first-order chi connectivity index (χ1) is 11.6. The van der Waals surface area contributed by atoms with E-state index >= 15 is 0 Å². The fourth-order valence-electron chi connectivity index (χ4n) is 2.78. The molecule has 0 aliphatic carbocycles. The van der Waals surface area contributed by atoms with Crippen molar-refractivity contribution in [2.45, 2.75) is 25.9 Å². The van der Waals surface area contributed by atoms with Gasteiger partial charge >= 0.3 is 6.09 Å². The summed E-state index contributed by atoms with van der Waals surface area (Å²) in [5.74, 6) is 1.01. The van der Waals surface area contributed by atoms with Gasteiger partial charge in [0.25, 0.3) is 5.56 Å². The summed E-state index contributed by atoms with van der Waals surface area (Å²) in [4.78, 5) is 31.0. The van der Waals surface area contributed by atoms with E-state index in [1.165, 1.54) is 11.2 Å². The van der Waals surface area contributed by atoms with Gasteiger partial charge in [0.05, 0.1) is 23.8 Å². The highest BCUT2D eigenvalue weighted by Gasteiger charge is 2.24. The Balaban J connectivity index is 1.85. The first kappa shape index (κ1) is 16.1. The number of piperidine rings is 1. The standard InChI is InChI=1S/C16H19N3O5/c1-2-23-13-8-12-11(15(20)18-9-17-12)7-14(13)24-10-3-5-19(6-4-10)16(21)22/h7-10H,2-6H2,1H3,(H,21,22)(H,17,18,20). The molecule has 8 heteroatoms. The Hall–Kier alpha value is -2.77. The molecule has 0 spiro atoms. The first-order valence-corrected chi connectivity index (χ1v) is 7.87. The molecule has 1 aromatic carbocycles. The van der Waals surface area contributed by atoms with Gasteiger partial charge in [-0.05, 0) is 13.0 Å². The number of fused-ring (bicyclic) bond motifs is 1. The fourth-order valence-corrected chi connectivity index (χ4v) is 2.78. The van der Waals surface area contributed by atoms with E-state index in [9.17, 15) is 9.59 Å². The molecule has 2 N–H and O–H groups in total. The molecular weight excluding hydrogens is 314 g/mol. The molecular formula is C16H19N3O5. The summed E-state index contributed by atoms with van der Waals surface area (Å²) in [5.41, 5.74) is 0.295. The number of carbonyl (C=O) groups is 1. The molecule has 0 unspecified atom stereocenters. The number of hydrogen-bond acceptors (Lipinski definition) is 5. The van der Waals surface area contributed by atoms with E-state index < -0.39 is 6.09 Å². The van der Waals surface area contributed by atoms with Crippen molar-refractivity contribution in [3.05, 3.63) is 28.8 Å². The van der Waals surface area contributed by atoms with Crippen molar-refractivity contribution >= 4 is 17.0 Å². The van der Waals surface area contributed by atoms with Crippen molar-refractivity contribution in [3.63, 3.8) is 0 Å². The molecule has 128 valence electrons. The van der Waals surface area contributed by atoms with Gasteiger partial charge < -0.3 is 24.5 Å². The van der Waals surface area contributed by atoms with Crippen molar-refractivity contribution in [1.82, 2.24) is 14.9 Å². The molecule has 0 saturated carbocycles. The van der Waals surface area contributed by atoms with E-state index in [0.717, 1.165) is 0 Å². The number of H-pyrrole nitrogens is 1. The van der Waals surface area contributed by atoms with E-state index in [4.69, 9.17) is 14.6 Å². The molecule has 1 aliphatic heterocycles. The van der Waals surface area contributed by atoms with Crippen molar-refractivity contribution in [1.29, 1.82) is 0 Å². The van der Waals surface area contributed by atoms with Gasteiger partial charge in [-0.1, -0.05) is 0 Å². The molecule has 1 saturated heterocycles. The summed E-state index contributed by atoms with van der Waals surface area (Å²) in [6.07, 6.45) is 1.51. The van der Waals surface area contributed by atoms with Crippen molar-refractivity contribution in [2.75, 3.05) is 19.7 Å². The van der Waals surface area contributed by atoms with Gasteiger partial charge in [0, 0.05) is 32.0 Å². The van der Waals surface area contributed by atoms with Crippen molar-refractivity contribution < 1.29 is 19.4 Å². The number of aromatic amines is 1. The van der Waals surface area contributed by atoms with Crippen LogP contribution in [0.15, 0.2) is 23.3 Å². The van der Waals surface area contributed by atoms with Crippen molar-refractivity contribution in [3.8, 4) is 11.5 Å². The topological polar surface area (TPSA) is 105 Å². The zero-order valence-electron chi connectivity index (χ0n) is 13.3. The zero-order chi connectivity index (χ0) is 17.1. The maximum atomic E-state index is 11.9. The minimum Gasteiger partial charge on any atom is -0.490 e. The molecule has 8 nitrogen and oxygen atoms in total. The van der Waals surface area contributed by atoms with E-state index in [-0.39, 0.29) is 11.7 Å². The second kappa shape index (κ2) is 6.77. The van der Waals surface area contributed by atoms with E-state index in [2.05, 4.69) is 9.97 Å². The lowest BCUT2D eigenvalue weighted by atomic mass is 10.1. The summed E-state index contributed by atoms with van der Waals surface area (Å²) in [6.45, 7) is 3.19. The molecule has 1 amide bonds. The van der Waals surface area contributed by atoms with E-state index in [1.54, 1.807) is 12.1 Å². The molecule has 1 aliphatic rings. The number of rotatable bonds is 4. The first-order valence-electron chi connectivity index (χ1n) is 7.87. The maximum absolute atomic E-state index is 11.9. The average Bonchev–Trinajstić information content (AvgIpc) is 2.57. The predicted molar refractivity (Wildman–Crippen MR) is 86.8 cm³/mol. The van der Waals surface area contributed by atoms with Gasteiger partial charge in [-0.3, -0.25) is 4.79 Å². The van der Waals surface area contributed by atoms with Gasteiger partial charge in [0.15, 0.2) is 11.5 Å². The molecule has 0 bridgehead atoms. The number of aromatic nitrogens is 2. The highest BCUT2D eigenvalue weighted by atomic mass is 16.5. The molecule has 24 heavy (non-hydrogen) atoms. The number of benzene rings is 1. The van der Waals surface area contributed by atoms with E-state index in [0.29, 0.717) is 54.9 Å². The lowest BCUT2D eigenvalue weighted by Gasteiger charge is -2.30. The summed E-state index contributed by atoms with van der Waals surface area (Å²) >= 11 is 0. The lowest BCUT2D eigenvalue weighted by Crippen LogP contribution is -2.41. The second-order valence-corrected chi connectivity index (χ2v) is 5.57. The Kier molecular flexibility index (Phi) is 4.54. The van der Waals surface area contributed by atoms with Gasteiger partial charge in [-0.25, -0.2) is 9.78 Å². The van der Waals surface area contributed by atoms with Gasteiger partial charge in [-0.2, -0.15) is 0 Å². The summed E-state index contributed by atoms with van der Waals surface area (Å²) in [5, 5.41) is 9.43. The second-order valence-electron chi connectivity index (χ2n) is 5.57.